The molecule has 3 N–H and O–H groups in total. The Morgan fingerprint density at radius 1 is 1.80 bits per heavy atom. The van der Waals surface area contributed by atoms with Gasteiger partial charge >= 0.3 is 0 Å². The van der Waals surface area contributed by atoms with E-state index in [0.717, 1.165) is 0 Å². The average molecular weight is 137 g/mol. The molecular formula is C6H7N3O. The number of imidazole rings is 1. The third kappa shape index (κ3) is 1.05. The molecule has 0 unspecified atom stereocenters. The van der Waals surface area contributed by atoms with Crippen LogP contribution in [-0.4, -0.2) is 15.9 Å². The Bertz CT molecular complexity index is 250. The molecule has 10 heavy (non-hydrogen) atoms. The van der Waals surface area contributed by atoms with Crippen LogP contribution in [0.3, 0.4) is 0 Å². The van der Waals surface area contributed by atoms with Gasteiger partial charge in [0.2, 0.25) is 5.91 Å². The quantitative estimate of drug-likeness (QED) is 0.559. The largest absolute Gasteiger partial charge is 0.366 e. The summed E-state index contributed by atoms with van der Waals surface area (Å²) in [4.78, 5) is 16.9. The highest BCUT2D eigenvalue weighted by Gasteiger charge is 2.04. The first kappa shape index (κ1) is 6.54. The Labute approximate surface area is 57.8 Å². The molecule has 0 aliphatic carbocycles. The Balaban J connectivity index is 2.88. The second kappa shape index (κ2) is 2.34. The van der Waals surface area contributed by atoms with Crippen molar-refractivity contribution >= 4 is 11.5 Å². The minimum Gasteiger partial charge on any atom is -0.366 e. The minimum atomic E-state index is -0.538. The number of rotatable bonds is 2. The molecule has 0 radical (unpaired) electrons. The summed E-state index contributed by atoms with van der Waals surface area (Å²) in [6.45, 7) is 3.45. The molecular weight excluding hydrogens is 130 g/mol. The number of nitrogens with zero attached hydrogens (tertiary/aromatic N) is 1. The van der Waals surface area contributed by atoms with E-state index in [9.17, 15) is 4.79 Å². The van der Waals surface area contributed by atoms with Gasteiger partial charge in [-0.05, 0) is 0 Å². The van der Waals surface area contributed by atoms with E-state index in [-0.39, 0.29) is 5.57 Å². The van der Waals surface area contributed by atoms with Gasteiger partial charge in [-0.1, -0.05) is 6.58 Å². The van der Waals surface area contributed by atoms with Crippen LogP contribution in [0, 0.1) is 0 Å². The fourth-order valence-electron chi connectivity index (χ4n) is 0.554. The van der Waals surface area contributed by atoms with Crippen molar-refractivity contribution in [2.45, 2.75) is 0 Å². The number of hydrogen-bond donors (Lipinski definition) is 2. The van der Waals surface area contributed by atoms with Gasteiger partial charge in [0.05, 0.1) is 23.8 Å². The predicted molar refractivity (Wildman–Crippen MR) is 36.8 cm³/mol. The fourth-order valence-corrected chi connectivity index (χ4v) is 0.554. The van der Waals surface area contributed by atoms with Crippen molar-refractivity contribution in [1.29, 1.82) is 0 Å². The van der Waals surface area contributed by atoms with Gasteiger partial charge in [0, 0.05) is 0 Å². The second-order valence-electron chi connectivity index (χ2n) is 1.81. The number of carbonyl (C=O) groups is 1. The molecule has 0 spiro atoms. The van der Waals surface area contributed by atoms with E-state index in [1.807, 2.05) is 0 Å². The highest BCUT2D eigenvalue weighted by Crippen LogP contribution is 2.04. The Morgan fingerprint density at radius 3 is 2.90 bits per heavy atom. The molecule has 0 atom stereocenters. The molecule has 1 rings (SSSR count). The number of carbonyl (C=O) groups excluding carboxylic acids is 1. The zero-order valence-corrected chi connectivity index (χ0v) is 5.29. The summed E-state index contributed by atoms with van der Waals surface area (Å²) >= 11 is 0. The van der Waals surface area contributed by atoms with Gasteiger partial charge in [0.1, 0.15) is 0 Å². The zero-order valence-electron chi connectivity index (χ0n) is 5.29. The zero-order chi connectivity index (χ0) is 7.56. The molecule has 0 bridgehead atoms. The Morgan fingerprint density at radius 2 is 2.50 bits per heavy atom. The lowest BCUT2D eigenvalue weighted by molar-refractivity contribution is -0.112. The van der Waals surface area contributed by atoms with Crippen molar-refractivity contribution in [1.82, 2.24) is 9.97 Å². The molecule has 52 valence electrons. The van der Waals surface area contributed by atoms with Gasteiger partial charge in [-0.25, -0.2) is 4.98 Å². The highest BCUT2D eigenvalue weighted by molar-refractivity contribution is 6.17. The summed E-state index contributed by atoms with van der Waals surface area (Å²) in [5.74, 6) is -0.538. The molecule has 1 heterocycles. The summed E-state index contributed by atoms with van der Waals surface area (Å²) in [6, 6.07) is 0. The lowest BCUT2D eigenvalue weighted by atomic mass is 10.2. The lowest BCUT2D eigenvalue weighted by Gasteiger charge is -1.92. The summed E-state index contributed by atoms with van der Waals surface area (Å²) in [6.07, 6.45) is 2.95. The van der Waals surface area contributed by atoms with Crippen molar-refractivity contribution in [3.05, 3.63) is 24.8 Å². The van der Waals surface area contributed by atoms with Gasteiger partial charge in [0.15, 0.2) is 0 Å². The smallest absolute Gasteiger partial charge is 0.250 e. The van der Waals surface area contributed by atoms with E-state index in [4.69, 9.17) is 5.73 Å². The number of aromatic amines is 1. The molecule has 0 saturated heterocycles. The maximum absolute atomic E-state index is 10.5. The Kier molecular flexibility index (Phi) is 1.53. The van der Waals surface area contributed by atoms with Crippen molar-refractivity contribution in [2.75, 3.05) is 0 Å². The van der Waals surface area contributed by atoms with Crippen molar-refractivity contribution < 1.29 is 4.79 Å². The van der Waals surface area contributed by atoms with E-state index in [1.54, 1.807) is 0 Å². The number of H-pyrrole nitrogens is 1. The number of nitrogens with one attached hydrogen (secondary N) is 1. The van der Waals surface area contributed by atoms with E-state index in [0.29, 0.717) is 5.69 Å². The molecule has 4 heteroatoms. The normalized spacial score (nSPS) is 9.20. The van der Waals surface area contributed by atoms with Crippen LogP contribution >= 0.6 is 0 Å². The van der Waals surface area contributed by atoms with Gasteiger partial charge in [-0.15, -0.1) is 0 Å². The molecule has 0 saturated carbocycles. The van der Waals surface area contributed by atoms with Crippen LogP contribution < -0.4 is 5.73 Å². The Hall–Kier alpha value is -1.58. The van der Waals surface area contributed by atoms with Crippen LogP contribution in [-0.2, 0) is 4.79 Å². The molecule has 0 aromatic carbocycles. The third-order valence-electron chi connectivity index (χ3n) is 1.12. The summed E-state index contributed by atoms with van der Waals surface area (Å²) in [5.41, 5.74) is 5.75. The van der Waals surface area contributed by atoms with Gasteiger partial charge in [0.25, 0.3) is 0 Å². The molecule has 1 amide bonds. The topological polar surface area (TPSA) is 71.8 Å². The molecule has 1 aromatic heterocycles. The third-order valence-corrected chi connectivity index (χ3v) is 1.12. The number of primary amides is 1. The molecule has 0 fully saturated rings. The van der Waals surface area contributed by atoms with Crippen LogP contribution in [0.5, 0.6) is 0 Å². The number of nitrogens with two attached hydrogens (primary N) is 1. The van der Waals surface area contributed by atoms with Crippen LogP contribution in [0.4, 0.5) is 0 Å². The predicted octanol–water partition coefficient (Wildman–Crippen LogP) is -0.0918. The van der Waals surface area contributed by atoms with Gasteiger partial charge in [-0.2, -0.15) is 0 Å². The van der Waals surface area contributed by atoms with Crippen molar-refractivity contribution in [3.63, 3.8) is 0 Å². The minimum absolute atomic E-state index is 0.248. The molecule has 0 aliphatic rings. The van der Waals surface area contributed by atoms with Crippen molar-refractivity contribution in [2.24, 2.45) is 5.73 Å². The fraction of sp³-hybridized carbons (Fsp3) is 0. The maximum atomic E-state index is 10.5. The standard InChI is InChI=1S/C6H7N3O/c1-4(6(7)10)5-2-8-3-9-5/h2-3H,1H2,(H2,7,10)(H,8,9). The number of amides is 1. The first-order valence-corrected chi connectivity index (χ1v) is 2.69. The number of hydrogen-bond acceptors (Lipinski definition) is 2. The SMILES string of the molecule is C=C(C(N)=O)c1cnc[nH]1. The van der Waals surface area contributed by atoms with Crippen molar-refractivity contribution in [3.8, 4) is 0 Å². The maximum Gasteiger partial charge on any atom is 0.250 e. The van der Waals surface area contributed by atoms with Gasteiger partial charge in [-0.3, -0.25) is 4.79 Å². The molecule has 0 aliphatic heterocycles. The highest BCUT2D eigenvalue weighted by atomic mass is 16.1. The van der Waals surface area contributed by atoms with E-state index in [1.165, 1.54) is 12.5 Å². The molecule has 4 nitrogen and oxygen atoms in total. The van der Waals surface area contributed by atoms with Crippen LogP contribution in [0.2, 0.25) is 0 Å². The first-order chi connectivity index (χ1) is 4.72. The van der Waals surface area contributed by atoms with Crippen LogP contribution in [0.25, 0.3) is 5.57 Å². The summed E-state index contributed by atoms with van der Waals surface area (Å²) in [5, 5.41) is 0. The van der Waals surface area contributed by atoms with Crippen LogP contribution in [0.15, 0.2) is 19.1 Å². The van der Waals surface area contributed by atoms with Crippen LogP contribution in [0.1, 0.15) is 5.69 Å². The van der Waals surface area contributed by atoms with Gasteiger partial charge < -0.3 is 10.7 Å². The van der Waals surface area contributed by atoms with E-state index < -0.39 is 5.91 Å². The summed E-state index contributed by atoms with van der Waals surface area (Å²) in [7, 11) is 0. The van der Waals surface area contributed by atoms with E-state index >= 15 is 0 Å². The lowest BCUT2D eigenvalue weighted by Crippen LogP contribution is -2.11. The average Bonchev–Trinajstić information content (AvgIpc) is 2.36. The van der Waals surface area contributed by atoms with E-state index in [2.05, 4.69) is 16.5 Å². The number of aromatic nitrogens is 2. The second-order valence-corrected chi connectivity index (χ2v) is 1.81. The summed E-state index contributed by atoms with van der Waals surface area (Å²) < 4.78 is 0. The molecule has 1 aromatic rings. The monoisotopic (exact) mass is 137 g/mol. The first-order valence-electron chi connectivity index (χ1n) is 2.69.